The van der Waals surface area contributed by atoms with E-state index in [1.54, 1.807) is 6.08 Å². The number of rotatable bonds is 4. The lowest BCUT2D eigenvalue weighted by molar-refractivity contribution is -0.131. The van der Waals surface area contributed by atoms with Gasteiger partial charge in [0, 0.05) is 38.3 Å². The molecule has 1 atom stereocenters. The van der Waals surface area contributed by atoms with Crippen molar-refractivity contribution in [1.82, 2.24) is 9.80 Å². The molecular formula is C16H22N2O2. The van der Waals surface area contributed by atoms with Gasteiger partial charge in [-0.15, -0.1) is 0 Å². The molecule has 1 aromatic carbocycles. The molecule has 2 rings (SSSR count). The van der Waals surface area contributed by atoms with Crippen molar-refractivity contribution >= 4 is 12.0 Å². The van der Waals surface area contributed by atoms with E-state index in [4.69, 9.17) is 5.11 Å². The fourth-order valence-electron chi connectivity index (χ4n) is 2.63. The Kier molecular flexibility index (Phi) is 4.93. The van der Waals surface area contributed by atoms with E-state index in [2.05, 4.69) is 29.8 Å². The number of nitrogens with zero attached hydrogens (tertiary/aromatic N) is 2. The molecule has 1 saturated heterocycles. The molecule has 0 aliphatic carbocycles. The van der Waals surface area contributed by atoms with E-state index in [-0.39, 0.29) is 0 Å². The predicted octanol–water partition coefficient (Wildman–Crippen LogP) is 1.92. The summed E-state index contributed by atoms with van der Waals surface area (Å²) in [5.41, 5.74) is 2.17. The lowest BCUT2D eigenvalue weighted by atomic mass is 10.0. The SMILES string of the molecule is CC1CN(C)CCN1Cc1ccccc1/C=C/C(=O)O. The zero-order valence-electron chi connectivity index (χ0n) is 12.1. The van der Waals surface area contributed by atoms with Crippen LogP contribution < -0.4 is 0 Å². The highest BCUT2D eigenvalue weighted by Crippen LogP contribution is 2.17. The van der Waals surface area contributed by atoms with Crippen LogP contribution in [-0.2, 0) is 11.3 Å². The second-order valence-electron chi connectivity index (χ2n) is 5.45. The first-order valence-electron chi connectivity index (χ1n) is 6.98. The summed E-state index contributed by atoms with van der Waals surface area (Å²) < 4.78 is 0. The fraction of sp³-hybridized carbons (Fsp3) is 0.438. The Morgan fingerprint density at radius 3 is 2.85 bits per heavy atom. The Labute approximate surface area is 120 Å². The van der Waals surface area contributed by atoms with Crippen LogP contribution in [0.25, 0.3) is 6.08 Å². The van der Waals surface area contributed by atoms with Gasteiger partial charge in [-0.1, -0.05) is 24.3 Å². The maximum absolute atomic E-state index is 10.7. The molecule has 0 radical (unpaired) electrons. The Morgan fingerprint density at radius 1 is 1.40 bits per heavy atom. The monoisotopic (exact) mass is 274 g/mol. The largest absolute Gasteiger partial charge is 0.478 e. The number of piperazine rings is 1. The van der Waals surface area contributed by atoms with Gasteiger partial charge in [0.05, 0.1) is 0 Å². The van der Waals surface area contributed by atoms with Crippen molar-refractivity contribution in [2.75, 3.05) is 26.7 Å². The van der Waals surface area contributed by atoms with Gasteiger partial charge in [0.1, 0.15) is 0 Å². The molecule has 20 heavy (non-hydrogen) atoms. The quantitative estimate of drug-likeness (QED) is 0.852. The zero-order valence-corrected chi connectivity index (χ0v) is 12.1. The average Bonchev–Trinajstić information content (AvgIpc) is 2.41. The van der Waals surface area contributed by atoms with Crippen molar-refractivity contribution in [1.29, 1.82) is 0 Å². The molecule has 4 heteroatoms. The molecule has 4 nitrogen and oxygen atoms in total. The third kappa shape index (κ3) is 3.92. The minimum Gasteiger partial charge on any atom is -0.478 e. The number of carboxylic acid groups (broad SMARTS) is 1. The van der Waals surface area contributed by atoms with Crippen LogP contribution >= 0.6 is 0 Å². The lowest BCUT2D eigenvalue weighted by Crippen LogP contribution is -2.49. The summed E-state index contributed by atoms with van der Waals surface area (Å²) in [5, 5.41) is 8.76. The van der Waals surface area contributed by atoms with Crippen LogP contribution in [0.5, 0.6) is 0 Å². The Balaban J connectivity index is 2.11. The van der Waals surface area contributed by atoms with Crippen LogP contribution in [0.4, 0.5) is 0 Å². The van der Waals surface area contributed by atoms with Crippen molar-refractivity contribution in [3.63, 3.8) is 0 Å². The fourth-order valence-corrected chi connectivity index (χ4v) is 2.63. The van der Waals surface area contributed by atoms with Crippen molar-refractivity contribution in [3.05, 3.63) is 41.5 Å². The van der Waals surface area contributed by atoms with Gasteiger partial charge in [0.15, 0.2) is 0 Å². The standard InChI is InChI=1S/C16H22N2O2/c1-13-11-17(2)9-10-18(13)12-15-6-4-3-5-14(15)7-8-16(19)20/h3-8,13H,9-12H2,1-2H3,(H,19,20)/b8-7+. The van der Waals surface area contributed by atoms with Gasteiger partial charge in [0.2, 0.25) is 0 Å². The molecule has 1 aliphatic rings. The molecule has 0 spiro atoms. The summed E-state index contributed by atoms with van der Waals surface area (Å²) in [7, 11) is 2.15. The highest BCUT2D eigenvalue weighted by molar-refractivity contribution is 5.85. The molecule has 1 heterocycles. The van der Waals surface area contributed by atoms with Crippen molar-refractivity contribution < 1.29 is 9.90 Å². The van der Waals surface area contributed by atoms with Gasteiger partial charge in [0.25, 0.3) is 0 Å². The van der Waals surface area contributed by atoms with Crippen LogP contribution in [0.1, 0.15) is 18.1 Å². The van der Waals surface area contributed by atoms with E-state index in [1.165, 1.54) is 11.6 Å². The van der Waals surface area contributed by atoms with E-state index < -0.39 is 5.97 Å². The maximum atomic E-state index is 10.7. The predicted molar refractivity (Wildman–Crippen MR) is 80.5 cm³/mol. The topological polar surface area (TPSA) is 43.8 Å². The molecule has 1 fully saturated rings. The van der Waals surface area contributed by atoms with E-state index in [0.717, 1.165) is 31.7 Å². The summed E-state index contributed by atoms with van der Waals surface area (Å²) in [5.74, 6) is -0.909. The minimum atomic E-state index is -0.909. The first-order valence-corrected chi connectivity index (χ1v) is 6.98. The van der Waals surface area contributed by atoms with Crippen molar-refractivity contribution in [2.45, 2.75) is 19.5 Å². The van der Waals surface area contributed by atoms with Crippen molar-refractivity contribution in [2.24, 2.45) is 0 Å². The molecule has 0 aromatic heterocycles. The summed E-state index contributed by atoms with van der Waals surface area (Å²) in [6.07, 6.45) is 2.88. The summed E-state index contributed by atoms with van der Waals surface area (Å²) >= 11 is 0. The maximum Gasteiger partial charge on any atom is 0.328 e. The number of hydrogen-bond acceptors (Lipinski definition) is 3. The average molecular weight is 274 g/mol. The van der Waals surface area contributed by atoms with Gasteiger partial charge >= 0.3 is 5.97 Å². The first-order chi connectivity index (χ1) is 9.56. The van der Waals surface area contributed by atoms with Crippen LogP contribution in [0.3, 0.4) is 0 Å². The van der Waals surface area contributed by atoms with E-state index in [1.807, 2.05) is 18.2 Å². The van der Waals surface area contributed by atoms with Crippen LogP contribution in [0.2, 0.25) is 0 Å². The number of aliphatic carboxylic acids is 1. The van der Waals surface area contributed by atoms with Gasteiger partial charge in [-0.25, -0.2) is 4.79 Å². The third-order valence-electron chi connectivity index (χ3n) is 3.80. The van der Waals surface area contributed by atoms with E-state index >= 15 is 0 Å². The van der Waals surface area contributed by atoms with Gasteiger partial charge < -0.3 is 10.0 Å². The third-order valence-corrected chi connectivity index (χ3v) is 3.80. The van der Waals surface area contributed by atoms with Crippen LogP contribution in [0, 0.1) is 0 Å². The van der Waals surface area contributed by atoms with E-state index in [0.29, 0.717) is 6.04 Å². The second-order valence-corrected chi connectivity index (χ2v) is 5.45. The second kappa shape index (κ2) is 6.68. The zero-order chi connectivity index (χ0) is 14.5. The number of carbonyl (C=O) groups is 1. The van der Waals surface area contributed by atoms with Gasteiger partial charge in [-0.05, 0) is 31.2 Å². The molecular weight excluding hydrogens is 252 g/mol. The highest BCUT2D eigenvalue weighted by atomic mass is 16.4. The van der Waals surface area contributed by atoms with Gasteiger partial charge in [-0.3, -0.25) is 4.90 Å². The van der Waals surface area contributed by atoms with Gasteiger partial charge in [-0.2, -0.15) is 0 Å². The molecule has 1 aliphatic heterocycles. The summed E-state index contributed by atoms with van der Waals surface area (Å²) in [6, 6.07) is 8.51. The summed E-state index contributed by atoms with van der Waals surface area (Å²) in [6.45, 7) is 6.32. The number of likely N-dealkylation sites (N-methyl/N-ethyl adjacent to an activating group) is 1. The molecule has 0 amide bonds. The lowest BCUT2D eigenvalue weighted by Gasteiger charge is -2.38. The Hall–Kier alpha value is -1.65. The Bertz CT molecular complexity index is 499. The minimum absolute atomic E-state index is 0.519. The van der Waals surface area contributed by atoms with Crippen molar-refractivity contribution in [3.8, 4) is 0 Å². The molecule has 0 saturated carbocycles. The molecule has 108 valence electrons. The molecule has 1 aromatic rings. The Morgan fingerprint density at radius 2 is 2.15 bits per heavy atom. The highest BCUT2D eigenvalue weighted by Gasteiger charge is 2.21. The smallest absolute Gasteiger partial charge is 0.328 e. The molecule has 1 N–H and O–H groups in total. The first kappa shape index (κ1) is 14.8. The molecule has 1 unspecified atom stereocenters. The normalized spacial score (nSPS) is 21.4. The number of benzene rings is 1. The summed E-state index contributed by atoms with van der Waals surface area (Å²) in [4.78, 5) is 15.5. The molecule has 0 bridgehead atoms. The number of carboxylic acids is 1. The van der Waals surface area contributed by atoms with Crippen LogP contribution in [0.15, 0.2) is 30.3 Å². The number of hydrogen-bond donors (Lipinski definition) is 1. The van der Waals surface area contributed by atoms with Crippen LogP contribution in [-0.4, -0.2) is 53.6 Å². The van der Waals surface area contributed by atoms with E-state index in [9.17, 15) is 4.79 Å².